The standard InChI is InChI=1S/C13H16N2O/c1-16-11-13(12-7-3-2-4-8-12)14-15-9-5-6-10-15/h2-10,13-14H,11H2,1H3. The van der Waals surface area contributed by atoms with E-state index in [1.807, 2.05) is 47.4 Å². The number of rotatable bonds is 5. The predicted octanol–water partition coefficient (Wildman–Crippen LogP) is 2.42. The van der Waals surface area contributed by atoms with Gasteiger partial charge in [0.15, 0.2) is 0 Å². The summed E-state index contributed by atoms with van der Waals surface area (Å²) in [6, 6.07) is 14.4. The number of methoxy groups -OCH3 is 1. The van der Waals surface area contributed by atoms with Gasteiger partial charge in [-0.2, -0.15) is 0 Å². The summed E-state index contributed by atoms with van der Waals surface area (Å²) in [5.41, 5.74) is 4.59. The third-order valence-corrected chi connectivity index (χ3v) is 2.44. The van der Waals surface area contributed by atoms with Crippen LogP contribution in [0.5, 0.6) is 0 Å². The minimum absolute atomic E-state index is 0.165. The van der Waals surface area contributed by atoms with Crippen molar-refractivity contribution >= 4 is 0 Å². The van der Waals surface area contributed by atoms with Crippen molar-refractivity contribution in [2.75, 3.05) is 19.1 Å². The van der Waals surface area contributed by atoms with Crippen molar-refractivity contribution in [1.82, 2.24) is 4.68 Å². The number of hydrogen-bond acceptors (Lipinski definition) is 2. The molecule has 1 aromatic heterocycles. The third-order valence-electron chi connectivity index (χ3n) is 2.44. The van der Waals surface area contributed by atoms with E-state index in [0.717, 1.165) is 0 Å². The van der Waals surface area contributed by atoms with Gasteiger partial charge in [-0.15, -0.1) is 0 Å². The van der Waals surface area contributed by atoms with Crippen molar-refractivity contribution in [2.45, 2.75) is 6.04 Å². The SMILES string of the molecule is COCC(Nn1cccc1)c1ccccc1. The normalized spacial score (nSPS) is 12.3. The summed E-state index contributed by atoms with van der Waals surface area (Å²) in [5.74, 6) is 0. The minimum atomic E-state index is 0.165. The van der Waals surface area contributed by atoms with Gasteiger partial charge in [0.2, 0.25) is 0 Å². The molecule has 1 aromatic carbocycles. The highest BCUT2D eigenvalue weighted by atomic mass is 16.5. The maximum Gasteiger partial charge on any atom is 0.0907 e. The Bertz CT molecular complexity index is 397. The first-order valence-electron chi connectivity index (χ1n) is 5.33. The summed E-state index contributed by atoms with van der Waals surface area (Å²) in [6.07, 6.45) is 3.96. The highest BCUT2D eigenvalue weighted by Crippen LogP contribution is 2.13. The Morgan fingerprint density at radius 1 is 1.12 bits per heavy atom. The number of nitrogens with zero attached hydrogens (tertiary/aromatic N) is 1. The molecular weight excluding hydrogens is 200 g/mol. The molecule has 84 valence electrons. The van der Waals surface area contributed by atoms with Crippen LogP contribution in [-0.2, 0) is 4.74 Å². The number of ether oxygens (including phenoxy) is 1. The maximum atomic E-state index is 5.23. The van der Waals surface area contributed by atoms with Gasteiger partial charge >= 0.3 is 0 Å². The van der Waals surface area contributed by atoms with Crippen LogP contribution in [0.25, 0.3) is 0 Å². The average Bonchev–Trinajstić information content (AvgIpc) is 2.83. The van der Waals surface area contributed by atoms with Gasteiger partial charge in [-0.25, -0.2) is 0 Å². The molecule has 3 nitrogen and oxygen atoms in total. The molecule has 1 unspecified atom stereocenters. The van der Waals surface area contributed by atoms with E-state index in [1.165, 1.54) is 5.56 Å². The zero-order valence-corrected chi connectivity index (χ0v) is 9.34. The predicted molar refractivity (Wildman–Crippen MR) is 64.9 cm³/mol. The van der Waals surface area contributed by atoms with E-state index >= 15 is 0 Å². The van der Waals surface area contributed by atoms with E-state index in [-0.39, 0.29) is 6.04 Å². The molecule has 0 spiro atoms. The van der Waals surface area contributed by atoms with E-state index in [9.17, 15) is 0 Å². The molecule has 1 heterocycles. The molecule has 2 aromatic rings. The Kier molecular flexibility index (Phi) is 3.62. The lowest BCUT2D eigenvalue weighted by molar-refractivity contribution is 0.182. The van der Waals surface area contributed by atoms with Gasteiger partial charge in [-0.1, -0.05) is 30.3 Å². The van der Waals surface area contributed by atoms with Crippen molar-refractivity contribution in [3.63, 3.8) is 0 Å². The van der Waals surface area contributed by atoms with Crippen LogP contribution in [0.15, 0.2) is 54.9 Å². The number of benzene rings is 1. The van der Waals surface area contributed by atoms with Gasteiger partial charge in [0.1, 0.15) is 0 Å². The molecule has 0 fully saturated rings. The zero-order valence-electron chi connectivity index (χ0n) is 9.34. The fraction of sp³-hybridized carbons (Fsp3) is 0.231. The molecule has 16 heavy (non-hydrogen) atoms. The smallest absolute Gasteiger partial charge is 0.0907 e. The van der Waals surface area contributed by atoms with Crippen molar-refractivity contribution in [1.29, 1.82) is 0 Å². The van der Waals surface area contributed by atoms with E-state index in [2.05, 4.69) is 17.6 Å². The highest BCUT2D eigenvalue weighted by molar-refractivity contribution is 5.21. The molecule has 1 atom stereocenters. The Morgan fingerprint density at radius 2 is 1.81 bits per heavy atom. The van der Waals surface area contributed by atoms with Crippen LogP contribution in [-0.4, -0.2) is 18.4 Å². The van der Waals surface area contributed by atoms with Crippen LogP contribution in [0.3, 0.4) is 0 Å². The quantitative estimate of drug-likeness (QED) is 0.830. The molecule has 0 amide bonds. The Hall–Kier alpha value is -1.74. The Balaban J connectivity index is 2.11. The van der Waals surface area contributed by atoms with Gasteiger partial charge in [0.05, 0.1) is 12.6 Å². The molecule has 0 bridgehead atoms. The Morgan fingerprint density at radius 3 is 2.44 bits per heavy atom. The monoisotopic (exact) mass is 216 g/mol. The van der Waals surface area contributed by atoms with Crippen molar-refractivity contribution in [3.05, 3.63) is 60.4 Å². The number of nitrogens with one attached hydrogen (secondary N) is 1. The lowest BCUT2D eigenvalue weighted by atomic mass is 10.1. The van der Waals surface area contributed by atoms with Gasteiger partial charge in [0, 0.05) is 19.5 Å². The van der Waals surface area contributed by atoms with Crippen LogP contribution < -0.4 is 5.43 Å². The minimum Gasteiger partial charge on any atom is -0.382 e. The second kappa shape index (κ2) is 5.37. The number of hydrogen-bond donors (Lipinski definition) is 1. The fourth-order valence-corrected chi connectivity index (χ4v) is 1.66. The lowest BCUT2D eigenvalue weighted by Gasteiger charge is -2.20. The zero-order chi connectivity index (χ0) is 11.2. The van der Waals surface area contributed by atoms with E-state index in [4.69, 9.17) is 4.74 Å². The van der Waals surface area contributed by atoms with Crippen LogP contribution in [0.4, 0.5) is 0 Å². The van der Waals surface area contributed by atoms with Crippen molar-refractivity contribution in [3.8, 4) is 0 Å². The third kappa shape index (κ3) is 2.64. The van der Waals surface area contributed by atoms with Gasteiger partial charge < -0.3 is 10.2 Å². The van der Waals surface area contributed by atoms with Crippen molar-refractivity contribution < 1.29 is 4.74 Å². The van der Waals surface area contributed by atoms with Gasteiger partial charge in [-0.05, 0) is 17.7 Å². The summed E-state index contributed by atoms with van der Waals surface area (Å²) in [7, 11) is 1.72. The summed E-state index contributed by atoms with van der Waals surface area (Å²) in [4.78, 5) is 0. The molecular formula is C13H16N2O. The molecule has 0 saturated heterocycles. The molecule has 0 aliphatic heterocycles. The van der Waals surface area contributed by atoms with E-state index < -0.39 is 0 Å². The van der Waals surface area contributed by atoms with E-state index in [0.29, 0.717) is 6.61 Å². The maximum absolute atomic E-state index is 5.23. The molecule has 0 radical (unpaired) electrons. The fourth-order valence-electron chi connectivity index (χ4n) is 1.66. The molecule has 1 N–H and O–H groups in total. The van der Waals surface area contributed by atoms with Crippen molar-refractivity contribution in [2.24, 2.45) is 0 Å². The van der Waals surface area contributed by atoms with E-state index in [1.54, 1.807) is 7.11 Å². The Labute approximate surface area is 95.6 Å². The largest absolute Gasteiger partial charge is 0.382 e. The summed E-state index contributed by atoms with van der Waals surface area (Å²) >= 11 is 0. The average molecular weight is 216 g/mol. The van der Waals surface area contributed by atoms with Crippen LogP contribution in [0.1, 0.15) is 11.6 Å². The molecule has 0 aliphatic rings. The second-order valence-electron chi connectivity index (χ2n) is 3.64. The molecule has 0 saturated carbocycles. The molecule has 0 aliphatic carbocycles. The number of aromatic nitrogens is 1. The molecule has 2 rings (SSSR count). The second-order valence-corrected chi connectivity index (χ2v) is 3.64. The van der Waals surface area contributed by atoms with Gasteiger partial charge in [0.25, 0.3) is 0 Å². The first-order valence-corrected chi connectivity index (χ1v) is 5.33. The highest BCUT2D eigenvalue weighted by Gasteiger charge is 2.09. The van der Waals surface area contributed by atoms with Crippen LogP contribution >= 0.6 is 0 Å². The van der Waals surface area contributed by atoms with Crippen LogP contribution in [0, 0.1) is 0 Å². The lowest BCUT2D eigenvalue weighted by Crippen LogP contribution is -2.23. The first-order chi connectivity index (χ1) is 7.90. The summed E-state index contributed by atoms with van der Waals surface area (Å²) in [6.45, 7) is 0.641. The molecule has 3 heteroatoms. The van der Waals surface area contributed by atoms with Crippen LogP contribution in [0.2, 0.25) is 0 Å². The summed E-state index contributed by atoms with van der Waals surface area (Å²) < 4.78 is 7.17. The summed E-state index contributed by atoms with van der Waals surface area (Å²) in [5, 5.41) is 0. The first kappa shape index (κ1) is 10.8. The van der Waals surface area contributed by atoms with Gasteiger partial charge in [-0.3, -0.25) is 4.68 Å². The topological polar surface area (TPSA) is 26.2 Å².